The Kier molecular flexibility index (Phi) is 4.01. The van der Waals surface area contributed by atoms with Crippen LogP contribution in [0.5, 0.6) is 0 Å². The van der Waals surface area contributed by atoms with Crippen molar-refractivity contribution in [3.63, 3.8) is 0 Å². The summed E-state index contributed by atoms with van der Waals surface area (Å²) in [6.45, 7) is 8.91. The molecule has 2 fully saturated rings. The van der Waals surface area contributed by atoms with E-state index in [0.717, 1.165) is 18.7 Å². The Hall–Kier alpha value is -2.11. The Labute approximate surface area is 142 Å². The molecular formula is C18H25N3O3. The highest BCUT2D eigenvalue weighted by atomic mass is 16.4. The highest BCUT2D eigenvalue weighted by molar-refractivity contribution is 5.85. The summed E-state index contributed by atoms with van der Waals surface area (Å²) < 4.78 is 0. The van der Waals surface area contributed by atoms with Crippen molar-refractivity contribution in [1.29, 1.82) is 0 Å². The Morgan fingerprint density at radius 3 is 2.71 bits per heavy atom. The quantitative estimate of drug-likeness (QED) is 0.892. The van der Waals surface area contributed by atoms with Crippen LogP contribution in [0.25, 0.3) is 0 Å². The first kappa shape index (κ1) is 16.7. The summed E-state index contributed by atoms with van der Waals surface area (Å²) in [6.07, 6.45) is 3.86. The minimum Gasteiger partial charge on any atom is -0.477 e. The van der Waals surface area contributed by atoms with Gasteiger partial charge >= 0.3 is 12.0 Å². The van der Waals surface area contributed by atoms with Crippen LogP contribution in [0.2, 0.25) is 0 Å². The largest absolute Gasteiger partial charge is 0.477 e. The van der Waals surface area contributed by atoms with Gasteiger partial charge in [0.25, 0.3) is 0 Å². The Morgan fingerprint density at radius 2 is 2.12 bits per heavy atom. The van der Waals surface area contributed by atoms with Crippen LogP contribution in [0, 0.1) is 16.7 Å². The number of amides is 2. The number of nitrogens with zero attached hydrogens (tertiary/aromatic N) is 2. The summed E-state index contributed by atoms with van der Waals surface area (Å²) in [5, 5.41) is 11.8. The fourth-order valence-electron chi connectivity index (χ4n) is 4.12. The van der Waals surface area contributed by atoms with E-state index >= 15 is 0 Å². The molecule has 0 radical (unpaired) electrons. The van der Waals surface area contributed by atoms with Crippen molar-refractivity contribution in [3.05, 3.63) is 29.6 Å². The molecule has 2 heterocycles. The zero-order valence-corrected chi connectivity index (χ0v) is 14.5. The van der Waals surface area contributed by atoms with Crippen molar-refractivity contribution < 1.29 is 14.7 Å². The number of aromatic carboxylic acids is 1. The van der Waals surface area contributed by atoms with Gasteiger partial charge in [0.2, 0.25) is 0 Å². The molecule has 1 aromatic rings. The lowest BCUT2D eigenvalue weighted by molar-refractivity contribution is -0.000102. The number of hydrogen-bond donors (Lipinski definition) is 2. The molecule has 1 saturated heterocycles. The second-order valence-corrected chi connectivity index (χ2v) is 7.91. The van der Waals surface area contributed by atoms with Gasteiger partial charge in [-0.3, -0.25) is 0 Å². The first-order valence-electron chi connectivity index (χ1n) is 8.44. The molecule has 24 heavy (non-hydrogen) atoms. The number of carboxylic acid groups (broad SMARTS) is 1. The van der Waals surface area contributed by atoms with E-state index in [4.69, 9.17) is 5.11 Å². The molecule has 1 saturated carbocycles. The monoisotopic (exact) mass is 331 g/mol. The molecule has 1 aliphatic carbocycles. The standard InChI is InChI=1S/C18H25N3O3/c1-17(2)13-6-7-18(17,3)11-21(10-13)16(24)20-9-12-4-5-14(15(22)23)19-8-12/h4-5,8,13H,6-7,9-11H2,1-3H3,(H,20,24)(H,22,23)/t13-,18+/m1/s1. The maximum atomic E-state index is 12.5. The molecule has 0 spiro atoms. The van der Waals surface area contributed by atoms with Gasteiger partial charge in [-0.2, -0.15) is 0 Å². The van der Waals surface area contributed by atoms with E-state index < -0.39 is 5.97 Å². The highest BCUT2D eigenvalue weighted by Gasteiger charge is 2.56. The lowest BCUT2D eigenvalue weighted by Crippen LogP contribution is -2.55. The third-order valence-electron chi connectivity index (χ3n) is 6.38. The Morgan fingerprint density at radius 1 is 1.38 bits per heavy atom. The van der Waals surface area contributed by atoms with Crippen LogP contribution in [0.3, 0.4) is 0 Å². The topological polar surface area (TPSA) is 82.5 Å². The van der Waals surface area contributed by atoms with E-state index in [1.54, 1.807) is 6.07 Å². The number of nitrogens with one attached hydrogen (secondary N) is 1. The molecule has 1 aromatic heterocycles. The molecule has 6 nitrogen and oxygen atoms in total. The predicted octanol–water partition coefficient (Wildman–Crippen LogP) is 2.75. The number of urea groups is 1. The molecule has 6 heteroatoms. The minimum absolute atomic E-state index is 0.00726. The fourth-order valence-corrected chi connectivity index (χ4v) is 4.12. The predicted molar refractivity (Wildman–Crippen MR) is 89.6 cm³/mol. The van der Waals surface area contributed by atoms with Gasteiger partial charge in [0.1, 0.15) is 5.69 Å². The lowest BCUT2D eigenvalue weighted by atomic mass is 9.63. The number of hydrogen-bond acceptors (Lipinski definition) is 3. The van der Waals surface area contributed by atoms with Gasteiger partial charge in [-0.15, -0.1) is 0 Å². The van der Waals surface area contributed by atoms with Crippen molar-refractivity contribution in [1.82, 2.24) is 15.2 Å². The molecule has 130 valence electrons. The summed E-state index contributed by atoms with van der Waals surface area (Å²) in [7, 11) is 0. The highest BCUT2D eigenvalue weighted by Crippen LogP contribution is 2.58. The summed E-state index contributed by atoms with van der Waals surface area (Å²) in [6, 6.07) is 3.08. The van der Waals surface area contributed by atoms with E-state index in [9.17, 15) is 9.59 Å². The third-order valence-corrected chi connectivity index (χ3v) is 6.38. The summed E-state index contributed by atoms with van der Waals surface area (Å²) in [4.78, 5) is 29.1. The van der Waals surface area contributed by atoms with Crippen molar-refractivity contribution >= 4 is 12.0 Å². The van der Waals surface area contributed by atoms with Gasteiger partial charge < -0.3 is 15.3 Å². The molecule has 0 aromatic carbocycles. The van der Waals surface area contributed by atoms with Crippen LogP contribution < -0.4 is 5.32 Å². The van der Waals surface area contributed by atoms with Gasteiger partial charge in [0, 0.05) is 25.8 Å². The van der Waals surface area contributed by atoms with Crippen LogP contribution in [-0.2, 0) is 6.54 Å². The molecule has 2 N–H and O–H groups in total. The molecular weight excluding hydrogens is 306 g/mol. The third kappa shape index (κ3) is 2.74. The average molecular weight is 331 g/mol. The summed E-state index contributed by atoms with van der Waals surface area (Å²) in [5.74, 6) is -0.497. The van der Waals surface area contributed by atoms with Gasteiger partial charge in [-0.1, -0.05) is 26.8 Å². The minimum atomic E-state index is -1.05. The molecule has 2 aliphatic rings. The maximum Gasteiger partial charge on any atom is 0.354 e. The van der Waals surface area contributed by atoms with Gasteiger partial charge in [0.05, 0.1) is 0 Å². The molecule has 3 rings (SSSR count). The number of rotatable bonds is 3. The van der Waals surface area contributed by atoms with Gasteiger partial charge in [-0.25, -0.2) is 14.6 Å². The normalized spacial score (nSPS) is 27.8. The average Bonchev–Trinajstić information content (AvgIpc) is 2.69. The van der Waals surface area contributed by atoms with E-state index in [1.165, 1.54) is 25.1 Å². The second kappa shape index (κ2) is 5.76. The van der Waals surface area contributed by atoms with E-state index in [1.807, 2.05) is 4.90 Å². The number of piperidine rings is 1. The van der Waals surface area contributed by atoms with Crippen molar-refractivity contribution in [2.24, 2.45) is 16.7 Å². The van der Waals surface area contributed by atoms with Crippen molar-refractivity contribution in [2.45, 2.75) is 40.2 Å². The van der Waals surface area contributed by atoms with Crippen molar-refractivity contribution in [3.8, 4) is 0 Å². The number of carbonyl (C=O) groups excluding carboxylic acids is 1. The number of likely N-dealkylation sites (tertiary alicyclic amines) is 1. The summed E-state index contributed by atoms with van der Waals surface area (Å²) in [5.41, 5.74) is 1.26. The molecule has 2 amide bonds. The molecule has 2 bridgehead atoms. The van der Waals surface area contributed by atoms with Gasteiger partial charge in [0.15, 0.2) is 0 Å². The summed E-state index contributed by atoms with van der Waals surface area (Å²) >= 11 is 0. The lowest BCUT2D eigenvalue weighted by Gasteiger charge is -2.50. The number of carbonyl (C=O) groups is 2. The van der Waals surface area contributed by atoms with Crippen LogP contribution in [0.1, 0.15) is 49.7 Å². The van der Waals surface area contributed by atoms with Gasteiger partial charge in [-0.05, 0) is 41.2 Å². The van der Waals surface area contributed by atoms with Crippen LogP contribution in [0.15, 0.2) is 18.3 Å². The van der Waals surface area contributed by atoms with Crippen LogP contribution in [0.4, 0.5) is 4.79 Å². The zero-order chi connectivity index (χ0) is 17.5. The zero-order valence-electron chi connectivity index (χ0n) is 14.5. The number of aromatic nitrogens is 1. The maximum absolute atomic E-state index is 12.5. The molecule has 1 aliphatic heterocycles. The van der Waals surface area contributed by atoms with Crippen LogP contribution >= 0.6 is 0 Å². The Balaban J connectivity index is 1.59. The van der Waals surface area contributed by atoms with E-state index in [-0.39, 0.29) is 22.6 Å². The SMILES string of the molecule is CC1(C)[C@@H]2CC[C@@]1(C)CN(C(=O)NCc1ccc(C(=O)O)nc1)C2. The van der Waals surface area contributed by atoms with E-state index in [0.29, 0.717) is 12.5 Å². The van der Waals surface area contributed by atoms with E-state index in [2.05, 4.69) is 31.1 Å². The molecule has 2 atom stereocenters. The van der Waals surface area contributed by atoms with Crippen LogP contribution in [-0.4, -0.2) is 40.1 Å². The first-order valence-corrected chi connectivity index (χ1v) is 8.44. The first-order chi connectivity index (χ1) is 11.2. The second-order valence-electron chi connectivity index (χ2n) is 7.91. The number of carboxylic acids is 1. The fraction of sp³-hybridized carbons (Fsp3) is 0.611. The van der Waals surface area contributed by atoms with Crippen molar-refractivity contribution in [2.75, 3.05) is 13.1 Å². The smallest absolute Gasteiger partial charge is 0.354 e. The number of pyridine rings is 1. The Bertz CT molecular complexity index is 656. The molecule has 0 unspecified atom stereocenters. The number of fused-ring (bicyclic) bond motifs is 2.